The van der Waals surface area contributed by atoms with Crippen LogP contribution in [0, 0.1) is 0 Å². The molecule has 0 aliphatic heterocycles. The molecule has 0 radical (unpaired) electrons. The summed E-state index contributed by atoms with van der Waals surface area (Å²) >= 11 is 7.08. The fraction of sp³-hybridized carbons (Fsp3) is 0.0714. The lowest BCUT2D eigenvalue weighted by Gasteiger charge is -2.23. The van der Waals surface area contributed by atoms with Crippen LogP contribution in [0.15, 0.2) is 99.5 Å². The third-order valence-electron chi connectivity index (χ3n) is 6.30. The van der Waals surface area contributed by atoms with Crippen LogP contribution in [0.1, 0.15) is 18.7 Å². The van der Waals surface area contributed by atoms with Crippen LogP contribution in [0.5, 0.6) is 0 Å². The molecule has 0 saturated heterocycles. The molecule has 2 N–H and O–H groups in total. The normalized spacial score (nSPS) is 12.2. The van der Waals surface area contributed by atoms with Crippen molar-refractivity contribution in [1.82, 2.24) is 19.5 Å². The summed E-state index contributed by atoms with van der Waals surface area (Å²) in [7, 11) is 0. The van der Waals surface area contributed by atoms with Gasteiger partial charge in [0.05, 0.1) is 28.4 Å². The number of rotatable bonds is 5. The molecule has 0 fully saturated rings. The lowest BCUT2D eigenvalue weighted by atomic mass is 10.0. The number of halogens is 1. The van der Waals surface area contributed by atoms with E-state index in [1.165, 1.54) is 18.6 Å². The Morgan fingerprint density at radius 2 is 1.81 bits per heavy atom. The monoisotopic (exact) mass is 509 g/mol. The number of anilines is 1. The van der Waals surface area contributed by atoms with Crippen molar-refractivity contribution in [3.8, 4) is 17.0 Å². The average Bonchev–Trinajstić information content (AvgIpc) is 3.46. The molecular formula is C28H20ClN5O3. The molecule has 6 rings (SSSR count). The molecule has 37 heavy (non-hydrogen) atoms. The summed E-state index contributed by atoms with van der Waals surface area (Å²) < 4.78 is 7.23. The number of fused-ring (bicyclic) bond motifs is 2. The van der Waals surface area contributed by atoms with Crippen molar-refractivity contribution in [3.05, 3.63) is 117 Å². The van der Waals surface area contributed by atoms with Crippen LogP contribution in [0.3, 0.4) is 0 Å². The summed E-state index contributed by atoms with van der Waals surface area (Å²) in [5.41, 5.74) is 1.77. The molecule has 4 heterocycles. The van der Waals surface area contributed by atoms with E-state index in [1.54, 1.807) is 16.9 Å². The highest BCUT2D eigenvalue weighted by molar-refractivity contribution is 6.36. The minimum Gasteiger partial charge on any atom is -0.464 e. The van der Waals surface area contributed by atoms with Crippen LogP contribution in [0.2, 0.25) is 5.02 Å². The molecule has 8 nitrogen and oxygen atoms in total. The second-order valence-corrected chi connectivity index (χ2v) is 8.91. The number of benzene rings is 2. The fourth-order valence-corrected chi connectivity index (χ4v) is 5.07. The van der Waals surface area contributed by atoms with Crippen LogP contribution in [0.25, 0.3) is 38.8 Å². The lowest BCUT2D eigenvalue weighted by Crippen LogP contribution is -2.27. The molecule has 4 aromatic heterocycles. The molecule has 9 heteroatoms. The minimum atomic E-state index is -0.519. The number of nitrogens with one attached hydrogen (secondary N) is 2. The first-order valence-electron chi connectivity index (χ1n) is 11.6. The van der Waals surface area contributed by atoms with E-state index in [0.29, 0.717) is 55.4 Å². The van der Waals surface area contributed by atoms with Crippen LogP contribution in [-0.4, -0.2) is 19.5 Å². The Labute approximate surface area is 215 Å². The largest absolute Gasteiger partial charge is 0.464 e. The molecule has 0 bridgehead atoms. The molecule has 0 amide bonds. The Morgan fingerprint density at radius 3 is 2.59 bits per heavy atom. The summed E-state index contributed by atoms with van der Waals surface area (Å²) in [6, 6.07) is 19.3. The van der Waals surface area contributed by atoms with Crippen LogP contribution >= 0.6 is 11.6 Å². The summed E-state index contributed by atoms with van der Waals surface area (Å²) in [5.74, 6) is 0.913. The van der Waals surface area contributed by atoms with Crippen molar-refractivity contribution in [2.24, 2.45) is 0 Å². The second kappa shape index (κ2) is 9.07. The zero-order valence-electron chi connectivity index (χ0n) is 19.6. The van der Waals surface area contributed by atoms with Gasteiger partial charge in [-0.2, -0.15) is 0 Å². The Morgan fingerprint density at radius 1 is 0.973 bits per heavy atom. The van der Waals surface area contributed by atoms with E-state index in [2.05, 4.69) is 20.3 Å². The van der Waals surface area contributed by atoms with Gasteiger partial charge in [-0.1, -0.05) is 48.0 Å². The number of H-pyrrole nitrogens is 1. The maximum Gasteiger partial charge on any atom is 0.264 e. The number of para-hydroxylation sites is 1. The Balaban J connectivity index is 1.62. The van der Waals surface area contributed by atoms with Crippen LogP contribution in [-0.2, 0) is 0 Å². The third kappa shape index (κ3) is 3.78. The van der Waals surface area contributed by atoms with E-state index in [1.807, 2.05) is 61.5 Å². The molecular weight excluding hydrogens is 490 g/mol. The highest BCUT2D eigenvalue weighted by Gasteiger charge is 2.24. The highest BCUT2D eigenvalue weighted by atomic mass is 35.5. The van der Waals surface area contributed by atoms with E-state index >= 15 is 0 Å². The van der Waals surface area contributed by atoms with Crippen LogP contribution in [0.4, 0.5) is 5.82 Å². The van der Waals surface area contributed by atoms with Gasteiger partial charge < -0.3 is 14.7 Å². The van der Waals surface area contributed by atoms with E-state index in [4.69, 9.17) is 16.0 Å². The van der Waals surface area contributed by atoms with Crippen molar-refractivity contribution in [3.63, 3.8) is 0 Å². The molecule has 0 spiro atoms. The first-order chi connectivity index (χ1) is 18.0. The lowest BCUT2D eigenvalue weighted by molar-refractivity contribution is 0.583. The van der Waals surface area contributed by atoms with Crippen molar-refractivity contribution in [1.29, 1.82) is 0 Å². The second-order valence-electron chi connectivity index (χ2n) is 8.53. The molecule has 6 aromatic rings. The zero-order chi connectivity index (χ0) is 25.5. The first-order valence-corrected chi connectivity index (χ1v) is 12.0. The van der Waals surface area contributed by atoms with Crippen molar-refractivity contribution >= 4 is 39.2 Å². The fourth-order valence-electron chi connectivity index (χ4n) is 4.67. The molecule has 0 aliphatic carbocycles. The van der Waals surface area contributed by atoms with Gasteiger partial charge in [0.25, 0.3) is 5.56 Å². The molecule has 182 valence electrons. The third-order valence-corrected chi connectivity index (χ3v) is 6.69. The van der Waals surface area contributed by atoms with Crippen molar-refractivity contribution in [2.75, 3.05) is 5.32 Å². The van der Waals surface area contributed by atoms with Gasteiger partial charge in [0.1, 0.15) is 28.9 Å². The van der Waals surface area contributed by atoms with Gasteiger partial charge in [-0.3, -0.25) is 14.2 Å². The number of aromatic amines is 1. The summed E-state index contributed by atoms with van der Waals surface area (Å²) in [6.45, 7) is 1.87. The standard InChI is InChI=1S/C28H20ClN5O3/c1-16(33-27-23-20(35)12-13-30-26(23)31-15-32-27)25-24(29)19-10-5-9-18(21-11-6-14-37-21)22(19)28(36)34(25)17-7-3-2-4-8-17/h2-16H,1H3,(H2,30,31,32,33,35)/t16-/m0/s1. The van der Waals surface area contributed by atoms with E-state index < -0.39 is 6.04 Å². The number of aromatic nitrogens is 4. The van der Waals surface area contributed by atoms with Gasteiger partial charge in [-0.05, 0) is 31.2 Å². The van der Waals surface area contributed by atoms with E-state index in [-0.39, 0.29) is 11.0 Å². The summed E-state index contributed by atoms with van der Waals surface area (Å²) in [5, 5.41) is 5.07. The van der Waals surface area contributed by atoms with Crippen LogP contribution < -0.4 is 16.3 Å². The topological polar surface area (TPSA) is 106 Å². The smallest absolute Gasteiger partial charge is 0.264 e. The predicted molar refractivity (Wildman–Crippen MR) is 144 cm³/mol. The highest BCUT2D eigenvalue weighted by Crippen LogP contribution is 2.36. The van der Waals surface area contributed by atoms with E-state index in [0.717, 1.165) is 0 Å². The molecule has 0 aliphatic rings. The van der Waals surface area contributed by atoms with Gasteiger partial charge in [0.15, 0.2) is 5.43 Å². The molecule has 0 unspecified atom stereocenters. The molecule has 2 aromatic carbocycles. The maximum atomic E-state index is 14.2. The maximum absolute atomic E-state index is 14.2. The number of hydrogen-bond donors (Lipinski definition) is 2. The quantitative estimate of drug-likeness (QED) is 0.308. The number of nitrogens with zero attached hydrogens (tertiary/aromatic N) is 3. The molecule has 1 atom stereocenters. The predicted octanol–water partition coefficient (Wildman–Crippen LogP) is 5.71. The first kappa shape index (κ1) is 22.8. The van der Waals surface area contributed by atoms with Gasteiger partial charge in [0, 0.05) is 28.9 Å². The average molecular weight is 510 g/mol. The number of hydrogen-bond acceptors (Lipinski definition) is 6. The van der Waals surface area contributed by atoms with Gasteiger partial charge >= 0.3 is 0 Å². The van der Waals surface area contributed by atoms with Gasteiger partial charge in [0.2, 0.25) is 0 Å². The van der Waals surface area contributed by atoms with Gasteiger partial charge in [-0.15, -0.1) is 0 Å². The summed E-state index contributed by atoms with van der Waals surface area (Å²) in [6.07, 6.45) is 4.48. The Bertz CT molecular complexity index is 1870. The summed E-state index contributed by atoms with van der Waals surface area (Å²) in [4.78, 5) is 38.3. The zero-order valence-corrected chi connectivity index (χ0v) is 20.4. The Kier molecular flexibility index (Phi) is 5.58. The Hall–Kier alpha value is -4.69. The van der Waals surface area contributed by atoms with Gasteiger partial charge in [-0.25, -0.2) is 9.97 Å². The minimum absolute atomic E-state index is 0.225. The number of furan rings is 1. The van der Waals surface area contributed by atoms with Crippen molar-refractivity contribution < 1.29 is 4.42 Å². The van der Waals surface area contributed by atoms with E-state index in [9.17, 15) is 9.59 Å². The number of pyridine rings is 2. The SMILES string of the molecule is C[C@H](Nc1ncnc2[nH]ccc(=O)c12)c1c(Cl)c2cccc(-c3ccco3)c2c(=O)n1-c1ccccc1. The molecule has 0 saturated carbocycles. The van der Waals surface area contributed by atoms with Crippen molar-refractivity contribution in [2.45, 2.75) is 13.0 Å².